The minimum atomic E-state index is -0.255. The van der Waals surface area contributed by atoms with Crippen molar-refractivity contribution >= 4 is 40.3 Å². The maximum Gasteiger partial charge on any atom is 0.266 e. The summed E-state index contributed by atoms with van der Waals surface area (Å²) in [5.41, 5.74) is 2.84. The molecule has 1 saturated heterocycles. The standard InChI is InChI=1S/C19H16FNOS2/c1-2-10-21-18(22)17(24-19(21)23)12-13-4-3-5-15(11-13)14-6-8-16(20)9-7-14/h3-9,11-12H,2,10H2,1H3/b17-12-. The molecule has 1 heterocycles. The zero-order valence-corrected chi connectivity index (χ0v) is 14.8. The fourth-order valence-electron chi connectivity index (χ4n) is 2.52. The number of nitrogens with zero attached hydrogens (tertiary/aromatic N) is 1. The summed E-state index contributed by atoms with van der Waals surface area (Å²) in [5.74, 6) is -0.284. The van der Waals surface area contributed by atoms with Gasteiger partial charge in [0.15, 0.2) is 0 Å². The van der Waals surface area contributed by atoms with E-state index in [0.717, 1.165) is 23.1 Å². The lowest BCUT2D eigenvalue weighted by molar-refractivity contribution is -0.122. The molecule has 2 nitrogen and oxygen atoms in total. The van der Waals surface area contributed by atoms with Crippen LogP contribution in [0.3, 0.4) is 0 Å². The van der Waals surface area contributed by atoms with Crippen LogP contribution in [0, 0.1) is 5.82 Å². The number of amides is 1. The van der Waals surface area contributed by atoms with Gasteiger partial charge in [0.2, 0.25) is 0 Å². The number of hydrogen-bond acceptors (Lipinski definition) is 3. The Kier molecular flexibility index (Phi) is 5.11. The van der Waals surface area contributed by atoms with Crippen molar-refractivity contribution in [2.45, 2.75) is 13.3 Å². The molecule has 1 aliphatic rings. The molecule has 0 bridgehead atoms. The topological polar surface area (TPSA) is 20.3 Å². The molecule has 0 aliphatic carbocycles. The van der Waals surface area contributed by atoms with Crippen molar-refractivity contribution in [3.05, 3.63) is 64.8 Å². The Balaban J connectivity index is 1.88. The maximum absolute atomic E-state index is 13.1. The van der Waals surface area contributed by atoms with Crippen LogP contribution in [0.25, 0.3) is 17.2 Å². The predicted molar refractivity (Wildman–Crippen MR) is 102 cm³/mol. The van der Waals surface area contributed by atoms with Crippen LogP contribution in [0.4, 0.5) is 4.39 Å². The largest absolute Gasteiger partial charge is 0.293 e. The zero-order chi connectivity index (χ0) is 17.1. The third-order valence-electron chi connectivity index (χ3n) is 3.68. The second-order valence-electron chi connectivity index (χ2n) is 5.47. The first-order valence-electron chi connectivity index (χ1n) is 7.70. The van der Waals surface area contributed by atoms with E-state index in [4.69, 9.17) is 12.2 Å². The summed E-state index contributed by atoms with van der Waals surface area (Å²) in [5, 5.41) is 0. The lowest BCUT2D eigenvalue weighted by atomic mass is 10.0. The quantitative estimate of drug-likeness (QED) is 0.561. The highest BCUT2D eigenvalue weighted by Crippen LogP contribution is 2.33. The highest BCUT2D eigenvalue weighted by molar-refractivity contribution is 8.26. The van der Waals surface area contributed by atoms with Gasteiger partial charge >= 0.3 is 0 Å². The molecular weight excluding hydrogens is 341 g/mol. The first-order chi connectivity index (χ1) is 11.6. The molecule has 2 aromatic carbocycles. The normalized spacial score (nSPS) is 16.2. The smallest absolute Gasteiger partial charge is 0.266 e. The molecule has 1 amide bonds. The summed E-state index contributed by atoms with van der Waals surface area (Å²) in [7, 11) is 0. The number of thioether (sulfide) groups is 1. The number of rotatable bonds is 4. The molecule has 2 aromatic rings. The molecular formula is C19H16FNOS2. The Morgan fingerprint density at radius 3 is 2.62 bits per heavy atom. The molecule has 0 spiro atoms. The van der Waals surface area contributed by atoms with Crippen LogP contribution in [0.15, 0.2) is 53.4 Å². The van der Waals surface area contributed by atoms with Gasteiger partial charge in [-0.3, -0.25) is 9.69 Å². The minimum absolute atomic E-state index is 0.0287. The van der Waals surface area contributed by atoms with Crippen molar-refractivity contribution in [3.63, 3.8) is 0 Å². The Morgan fingerprint density at radius 2 is 1.92 bits per heavy atom. The number of carbonyl (C=O) groups is 1. The fourth-order valence-corrected chi connectivity index (χ4v) is 3.83. The Morgan fingerprint density at radius 1 is 1.17 bits per heavy atom. The predicted octanol–water partition coefficient (Wildman–Crippen LogP) is 5.10. The first kappa shape index (κ1) is 16.9. The van der Waals surface area contributed by atoms with Crippen LogP contribution < -0.4 is 0 Å². The van der Waals surface area contributed by atoms with Crippen molar-refractivity contribution in [1.82, 2.24) is 4.90 Å². The van der Waals surface area contributed by atoms with Crippen LogP contribution in [0.1, 0.15) is 18.9 Å². The van der Waals surface area contributed by atoms with E-state index in [9.17, 15) is 9.18 Å². The number of halogens is 1. The van der Waals surface area contributed by atoms with Gasteiger partial charge in [-0.1, -0.05) is 61.2 Å². The SMILES string of the molecule is CCCN1C(=O)/C(=C/c2cccc(-c3ccc(F)cc3)c2)SC1=S. The van der Waals surface area contributed by atoms with E-state index in [0.29, 0.717) is 15.8 Å². The lowest BCUT2D eigenvalue weighted by Crippen LogP contribution is -2.28. The number of carbonyl (C=O) groups excluding carboxylic acids is 1. The van der Waals surface area contributed by atoms with E-state index in [1.54, 1.807) is 17.0 Å². The maximum atomic E-state index is 13.1. The van der Waals surface area contributed by atoms with Crippen molar-refractivity contribution < 1.29 is 9.18 Å². The molecule has 0 saturated carbocycles. The Labute approximate surface area is 150 Å². The van der Waals surface area contributed by atoms with Gasteiger partial charge < -0.3 is 0 Å². The number of hydrogen-bond donors (Lipinski definition) is 0. The fraction of sp³-hybridized carbons (Fsp3) is 0.158. The highest BCUT2D eigenvalue weighted by Gasteiger charge is 2.31. The van der Waals surface area contributed by atoms with Gasteiger partial charge in [-0.05, 0) is 47.4 Å². The van der Waals surface area contributed by atoms with Crippen molar-refractivity contribution in [2.24, 2.45) is 0 Å². The molecule has 0 atom stereocenters. The lowest BCUT2D eigenvalue weighted by Gasteiger charge is -2.11. The third-order valence-corrected chi connectivity index (χ3v) is 5.06. The van der Waals surface area contributed by atoms with Crippen molar-refractivity contribution in [3.8, 4) is 11.1 Å². The molecule has 122 valence electrons. The second kappa shape index (κ2) is 7.28. The van der Waals surface area contributed by atoms with Gasteiger partial charge in [-0.2, -0.15) is 0 Å². The first-order valence-corrected chi connectivity index (χ1v) is 8.92. The van der Waals surface area contributed by atoms with E-state index in [1.165, 1.54) is 23.9 Å². The van der Waals surface area contributed by atoms with Gasteiger partial charge in [0, 0.05) is 6.54 Å². The summed E-state index contributed by atoms with van der Waals surface area (Å²) in [6, 6.07) is 14.2. The average molecular weight is 357 g/mol. The molecule has 1 aliphatic heterocycles. The molecule has 5 heteroatoms. The minimum Gasteiger partial charge on any atom is -0.293 e. The average Bonchev–Trinajstić information content (AvgIpc) is 2.84. The second-order valence-corrected chi connectivity index (χ2v) is 7.14. The van der Waals surface area contributed by atoms with Crippen LogP contribution in [0.5, 0.6) is 0 Å². The monoisotopic (exact) mass is 357 g/mol. The van der Waals surface area contributed by atoms with Crippen molar-refractivity contribution in [1.29, 1.82) is 0 Å². The summed E-state index contributed by atoms with van der Waals surface area (Å²) in [4.78, 5) is 14.7. The van der Waals surface area contributed by atoms with Crippen LogP contribution in [0.2, 0.25) is 0 Å². The van der Waals surface area contributed by atoms with E-state index < -0.39 is 0 Å². The van der Waals surface area contributed by atoms with E-state index in [-0.39, 0.29) is 11.7 Å². The summed E-state index contributed by atoms with van der Waals surface area (Å²) in [6.45, 7) is 2.67. The van der Waals surface area contributed by atoms with Crippen LogP contribution in [-0.4, -0.2) is 21.7 Å². The summed E-state index contributed by atoms with van der Waals surface area (Å²) in [6.07, 6.45) is 2.74. The number of thiocarbonyl (C=S) groups is 1. The van der Waals surface area contributed by atoms with E-state index in [2.05, 4.69) is 0 Å². The molecule has 3 rings (SSSR count). The Bertz CT molecular complexity index is 814. The number of benzene rings is 2. The third kappa shape index (κ3) is 3.57. The van der Waals surface area contributed by atoms with Gasteiger partial charge in [-0.25, -0.2) is 4.39 Å². The van der Waals surface area contributed by atoms with Crippen LogP contribution in [-0.2, 0) is 4.79 Å². The molecule has 0 aromatic heterocycles. The van der Waals surface area contributed by atoms with Gasteiger partial charge in [0.1, 0.15) is 10.1 Å². The van der Waals surface area contributed by atoms with Gasteiger partial charge in [0.25, 0.3) is 5.91 Å². The van der Waals surface area contributed by atoms with Crippen LogP contribution >= 0.6 is 24.0 Å². The van der Waals surface area contributed by atoms with Gasteiger partial charge in [-0.15, -0.1) is 0 Å². The Hall–Kier alpha value is -1.98. The molecule has 24 heavy (non-hydrogen) atoms. The molecule has 0 N–H and O–H groups in total. The van der Waals surface area contributed by atoms with Crippen molar-refractivity contribution in [2.75, 3.05) is 6.54 Å². The molecule has 0 unspecified atom stereocenters. The molecule has 0 radical (unpaired) electrons. The van der Waals surface area contributed by atoms with E-state index in [1.807, 2.05) is 37.3 Å². The van der Waals surface area contributed by atoms with E-state index >= 15 is 0 Å². The van der Waals surface area contributed by atoms with Gasteiger partial charge in [0.05, 0.1) is 4.91 Å². The molecule has 1 fully saturated rings. The summed E-state index contributed by atoms with van der Waals surface area (Å²) >= 11 is 6.62. The zero-order valence-electron chi connectivity index (χ0n) is 13.2. The summed E-state index contributed by atoms with van der Waals surface area (Å²) < 4.78 is 13.7. The highest BCUT2D eigenvalue weighted by atomic mass is 32.2.